The third-order valence-electron chi connectivity index (χ3n) is 3.39. The van der Waals surface area contributed by atoms with E-state index in [9.17, 15) is 0 Å². The van der Waals surface area contributed by atoms with Crippen molar-refractivity contribution in [2.45, 2.75) is 26.7 Å². The largest absolute Gasteiger partial charge is 0.355 e. The van der Waals surface area contributed by atoms with Crippen LogP contribution in [0.15, 0.2) is 0 Å². The van der Waals surface area contributed by atoms with E-state index in [0.717, 1.165) is 6.54 Å². The molecular formula is C12H17ClN4. The molecule has 0 radical (unpaired) electrons. The number of rotatable bonds is 3. The highest BCUT2D eigenvalue weighted by molar-refractivity contribution is 6.30. The van der Waals surface area contributed by atoms with Gasteiger partial charge in [0.05, 0.1) is 0 Å². The van der Waals surface area contributed by atoms with Gasteiger partial charge in [-0.15, -0.1) is 0 Å². The Morgan fingerprint density at radius 3 is 2.71 bits per heavy atom. The third kappa shape index (κ3) is 2.39. The maximum absolute atomic E-state index is 8.89. The Balaban J connectivity index is 1.95. The van der Waals surface area contributed by atoms with Crippen molar-refractivity contribution in [2.24, 2.45) is 18.4 Å². The van der Waals surface area contributed by atoms with Crippen molar-refractivity contribution in [2.75, 3.05) is 11.9 Å². The van der Waals surface area contributed by atoms with Crippen LogP contribution in [0.4, 0.5) is 5.95 Å². The van der Waals surface area contributed by atoms with E-state index in [0.29, 0.717) is 23.0 Å². The maximum Gasteiger partial charge on any atom is 0.205 e. The lowest BCUT2D eigenvalue weighted by molar-refractivity contribution is 0.106. The number of imidazole rings is 1. The molecule has 0 aliphatic heterocycles. The number of hydrogen-bond acceptors (Lipinski definition) is 3. The molecule has 2 rings (SSSR count). The molecule has 0 amide bonds. The Bertz CT molecular complexity index is 462. The molecule has 92 valence electrons. The molecule has 1 fully saturated rings. The van der Waals surface area contributed by atoms with E-state index in [1.54, 1.807) is 11.6 Å². The number of nitrogens with zero attached hydrogens (tertiary/aromatic N) is 3. The monoisotopic (exact) mass is 252 g/mol. The molecule has 1 aliphatic carbocycles. The molecule has 1 heterocycles. The van der Waals surface area contributed by atoms with Crippen LogP contribution in [-0.4, -0.2) is 16.1 Å². The first-order valence-electron chi connectivity index (χ1n) is 5.79. The van der Waals surface area contributed by atoms with Crippen LogP contribution in [0, 0.1) is 22.7 Å². The summed E-state index contributed by atoms with van der Waals surface area (Å²) < 4.78 is 1.70. The lowest BCUT2D eigenvalue weighted by Gasteiger charge is -2.42. The fourth-order valence-corrected chi connectivity index (χ4v) is 2.88. The number of nitriles is 1. The summed E-state index contributed by atoms with van der Waals surface area (Å²) in [5.74, 6) is 1.38. The maximum atomic E-state index is 8.89. The topological polar surface area (TPSA) is 53.6 Å². The van der Waals surface area contributed by atoms with Gasteiger partial charge in [0.1, 0.15) is 6.07 Å². The molecule has 0 atom stereocenters. The van der Waals surface area contributed by atoms with E-state index in [1.165, 1.54) is 12.8 Å². The van der Waals surface area contributed by atoms with Gasteiger partial charge in [0.2, 0.25) is 5.95 Å². The lowest BCUT2D eigenvalue weighted by Crippen LogP contribution is -2.36. The summed E-state index contributed by atoms with van der Waals surface area (Å²) in [6.07, 6.45) is 2.48. The minimum absolute atomic E-state index is 0.270. The zero-order valence-corrected chi connectivity index (χ0v) is 11.2. The zero-order chi connectivity index (χ0) is 12.6. The smallest absolute Gasteiger partial charge is 0.205 e. The quantitative estimate of drug-likeness (QED) is 0.900. The van der Waals surface area contributed by atoms with Crippen LogP contribution in [-0.2, 0) is 7.05 Å². The minimum atomic E-state index is 0.270. The summed E-state index contributed by atoms with van der Waals surface area (Å²) in [5.41, 5.74) is 0.895. The molecule has 1 aliphatic rings. The van der Waals surface area contributed by atoms with Crippen LogP contribution in [0.1, 0.15) is 32.4 Å². The van der Waals surface area contributed by atoms with E-state index in [-0.39, 0.29) is 5.15 Å². The van der Waals surface area contributed by atoms with E-state index in [2.05, 4.69) is 24.1 Å². The fourth-order valence-electron chi connectivity index (χ4n) is 2.63. The number of aromatic nitrogens is 2. The van der Waals surface area contributed by atoms with Crippen LogP contribution >= 0.6 is 11.6 Å². The summed E-state index contributed by atoms with van der Waals surface area (Å²) >= 11 is 5.86. The highest BCUT2D eigenvalue weighted by Crippen LogP contribution is 2.44. The van der Waals surface area contributed by atoms with Gasteiger partial charge in [-0.3, -0.25) is 0 Å². The molecule has 0 spiro atoms. The van der Waals surface area contributed by atoms with Crippen molar-refractivity contribution in [3.8, 4) is 6.07 Å². The normalized spacial score (nSPS) is 18.5. The first kappa shape index (κ1) is 12.3. The highest BCUT2D eigenvalue weighted by atomic mass is 35.5. The summed E-state index contributed by atoms with van der Waals surface area (Å²) in [5, 5.41) is 12.4. The van der Waals surface area contributed by atoms with Gasteiger partial charge in [-0.2, -0.15) is 10.2 Å². The van der Waals surface area contributed by atoms with E-state index in [4.69, 9.17) is 16.9 Å². The van der Waals surface area contributed by atoms with E-state index >= 15 is 0 Å². The molecule has 1 aromatic rings. The molecule has 5 heteroatoms. The predicted octanol–water partition coefficient (Wildman–Crippen LogP) is 2.79. The fraction of sp³-hybridized carbons (Fsp3) is 0.667. The zero-order valence-electron chi connectivity index (χ0n) is 10.4. The van der Waals surface area contributed by atoms with Crippen LogP contribution in [0.25, 0.3) is 0 Å². The van der Waals surface area contributed by atoms with Crippen LogP contribution in [0.3, 0.4) is 0 Å². The van der Waals surface area contributed by atoms with Crippen molar-refractivity contribution >= 4 is 17.5 Å². The molecule has 0 saturated heterocycles. The second-order valence-corrected chi connectivity index (χ2v) is 5.92. The van der Waals surface area contributed by atoms with Gasteiger partial charge < -0.3 is 9.88 Å². The average Bonchev–Trinajstić information content (AvgIpc) is 2.47. The lowest BCUT2D eigenvalue weighted by atomic mass is 9.64. The van der Waals surface area contributed by atoms with Crippen LogP contribution in [0.2, 0.25) is 5.15 Å². The molecule has 4 nitrogen and oxygen atoms in total. The average molecular weight is 253 g/mol. The molecule has 0 unspecified atom stereocenters. The van der Waals surface area contributed by atoms with Crippen molar-refractivity contribution in [1.29, 1.82) is 5.26 Å². The SMILES string of the molecule is Cn1c(NCC2CC(C)(C)C2)nc(Cl)c1C#N. The van der Waals surface area contributed by atoms with Crippen LogP contribution < -0.4 is 5.32 Å². The Morgan fingerprint density at radius 2 is 2.24 bits per heavy atom. The van der Waals surface area contributed by atoms with Gasteiger partial charge in [-0.25, -0.2) is 0 Å². The van der Waals surface area contributed by atoms with E-state index in [1.807, 2.05) is 6.07 Å². The first-order valence-corrected chi connectivity index (χ1v) is 6.17. The molecule has 1 N–H and O–H groups in total. The van der Waals surface area contributed by atoms with Gasteiger partial charge in [0.25, 0.3) is 0 Å². The standard InChI is InChI=1S/C12H17ClN4/c1-12(2)4-8(5-12)7-15-11-16-10(13)9(6-14)17(11)3/h8H,4-5,7H2,1-3H3,(H,15,16). The summed E-state index contributed by atoms with van der Waals surface area (Å²) in [6, 6.07) is 2.04. The van der Waals surface area contributed by atoms with Gasteiger partial charge in [-0.1, -0.05) is 25.4 Å². The third-order valence-corrected chi connectivity index (χ3v) is 3.65. The molecule has 1 aromatic heterocycles. The second-order valence-electron chi connectivity index (χ2n) is 5.57. The van der Waals surface area contributed by atoms with Crippen molar-refractivity contribution in [1.82, 2.24) is 9.55 Å². The number of halogens is 1. The van der Waals surface area contributed by atoms with E-state index < -0.39 is 0 Å². The predicted molar refractivity (Wildman–Crippen MR) is 67.9 cm³/mol. The minimum Gasteiger partial charge on any atom is -0.355 e. The number of hydrogen-bond donors (Lipinski definition) is 1. The molecule has 17 heavy (non-hydrogen) atoms. The van der Waals surface area contributed by atoms with Crippen molar-refractivity contribution < 1.29 is 0 Å². The number of nitrogens with one attached hydrogen (secondary N) is 1. The van der Waals surface area contributed by atoms with Crippen LogP contribution in [0.5, 0.6) is 0 Å². The van der Waals surface area contributed by atoms with Crippen molar-refractivity contribution in [3.63, 3.8) is 0 Å². The number of anilines is 1. The first-order chi connectivity index (χ1) is 7.93. The Kier molecular flexibility index (Phi) is 3.05. The van der Waals surface area contributed by atoms with Gasteiger partial charge in [0.15, 0.2) is 10.8 Å². The highest BCUT2D eigenvalue weighted by Gasteiger charge is 2.35. The summed E-state index contributed by atoms with van der Waals surface area (Å²) in [6.45, 7) is 5.47. The summed E-state index contributed by atoms with van der Waals surface area (Å²) in [4.78, 5) is 4.14. The molecular weight excluding hydrogens is 236 g/mol. The van der Waals surface area contributed by atoms with Gasteiger partial charge in [0, 0.05) is 13.6 Å². The van der Waals surface area contributed by atoms with Crippen molar-refractivity contribution in [3.05, 3.63) is 10.8 Å². The Hall–Kier alpha value is -1.21. The molecule has 0 aromatic carbocycles. The van der Waals surface area contributed by atoms with Gasteiger partial charge in [-0.05, 0) is 24.2 Å². The summed E-state index contributed by atoms with van der Waals surface area (Å²) in [7, 11) is 1.80. The molecule has 1 saturated carbocycles. The Labute approximate surface area is 107 Å². The van der Waals surface area contributed by atoms with Gasteiger partial charge >= 0.3 is 0 Å². The Morgan fingerprint density at radius 1 is 1.59 bits per heavy atom. The second kappa shape index (κ2) is 4.23. The molecule has 0 bridgehead atoms.